The van der Waals surface area contributed by atoms with Crippen LogP contribution in [0.1, 0.15) is 94.9 Å². The van der Waals surface area contributed by atoms with Crippen molar-refractivity contribution < 1.29 is 19.7 Å². The van der Waals surface area contributed by atoms with Crippen molar-refractivity contribution in [2.45, 2.75) is 118 Å². The number of ketones is 1. The smallest absolute Gasteiger partial charge is 0.162 e. The fourth-order valence-electron chi connectivity index (χ4n) is 7.24. The van der Waals surface area contributed by atoms with Crippen LogP contribution in [0.15, 0.2) is 107 Å². The van der Waals surface area contributed by atoms with Crippen molar-refractivity contribution in [3.8, 4) is 0 Å². The summed E-state index contributed by atoms with van der Waals surface area (Å²) in [6.07, 6.45) is 30.7. The predicted molar refractivity (Wildman–Crippen MR) is 184 cm³/mol. The second-order valence-electron chi connectivity index (χ2n) is 15.1. The zero-order valence-electron chi connectivity index (χ0n) is 28.8. The summed E-state index contributed by atoms with van der Waals surface area (Å²) in [4.78, 5) is 12.9. The van der Waals surface area contributed by atoms with E-state index in [-0.39, 0.29) is 22.7 Å². The lowest BCUT2D eigenvalue weighted by Gasteiger charge is -2.46. The van der Waals surface area contributed by atoms with Gasteiger partial charge >= 0.3 is 0 Å². The topological polar surface area (TPSA) is 66.8 Å². The van der Waals surface area contributed by atoms with E-state index in [0.717, 1.165) is 28.7 Å². The first-order chi connectivity index (χ1) is 20.3. The van der Waals surface area contributed by atoms with Crippen LogP contribution in [-0.2, 0) is 9.53 Å². The van der Waals surface area contributed by atoms with Gasteiger partial charge in [-0.2, -0.15) is 0 Å². The second kappa shape index (κ2) is 13.7. The van der Waals surface area contributed by atoms with Crippen LogP contribution >= 0.6 is 0 Å². The third-order valence-corrected chi connectivity index (χ3v) is 10.3. The normalized spacial score (nSPS) is 34.7. The van der Waals surface area contributed by atoms with Crippen LogP contribution in [0.3, 0.4) is 0 Å². The number of hydrogen-bond acceptors (Lipinski definition) is 4. The van der Waals surface area contributed by atoms with Gasteiger partial charge in [-0.25, -0.2) is 0 Å². The fraction of sp³-hybridized carbons (Fsp3) is 0.525. The van der Waals surface area contributed by atoms with Crippen LogP contribution in [0.25, 0.3) is 0 Å². The Labute approximate surface area is 267 Å². The maximum Gasteiger partial charge on any atom is 0.162 e. The largest absolute Gasteiger partial charge is 0.393 e. The number of rotatable bonds is 11. The van der Waals surface area contributed by atoms with Crippen molar-refractivity contribution in [1.29, 1.82) is 0 Å². The number of carbonyl (C=O) groups excluding carboxylic acids is 1. The molecule has 2 saturated heterocycles. The summed E-state index contributed by atoms with van der Waals surface area (Å²) in [7, 11) is 0. The van der Waals surface area contributed by atoms with Gasteiger partial charge in [0.05, 0.1) is 17.8 Å². The molecule has 3 rings (SSSR count). The minimum absolute atomic E-state index is 0.0818. The molecule has 3 aliphatic rings. The molecule has 2 N–H and O–H groups in total. The van der Waals surface area contributed by atoms with E-state index >= 15 is 0 Å². The van der Waals surface area contributed by atoms with E-state index in [1.165, 1.54) is 0 Å². The molecule has 0 spiro atoms. The maximum atomic E-state index is 12.9. The highest BCUT2D eigenvalue weighted by Crippen LogP contribution is 2.60. The summed E-state index contributed by atoms with van der Waals surface area (Å²) in [5.74, 6) is 0.0818. The Balaban J connectivity index is 1.50. The van der Waals surface area contributed by atoms with Gasteiger partial charge in [-0.15, -0.1) is 0 Å². The number of aliphatic hydroxyl groups is 2. The minimum atomic E-state index is -0.855. The maximum absolute atomic E-state index is 12.9. The van der Waals surface area contributed by atoms with Gasteiger partial charge in [0.2, 0.25) is 0 Å². The molecule has 0 radical (unpaired) electrons. The van der Waals surface area contributed by atoms with Gasteiger partial charge in [0.25, 0.3) is 0 Å². The summed E-state index contributed by atoms with van der Waals surface area (Å²) < 4.78 is 6.30. The van der Waals surface area contributed by atoms with Crippen molar-refractivity contribution in [1.82, 2.24) is 0 Å². The quantitative estimate of drug-likeness (QED) is 0.183. The van der Waals surface area contributed by atoms with Crippen molar-refractivity contribution in [3.63, 3.8) is 0 Å². The molecule has 0 amide bonds. The lowest BCUT2D eigenvalue weighted by Crippen LogP contribution is -2.56. The molecule has 4 heteroatoms. The first-order valence-corrected chi connectivity index (χ1v) is 16.1. The molecule has 0 aromatic carbocycles. The lowest BCUT2D eigenvalue weighted by molar-refractivity contribution is -0.127. The average Bonchev–Trinajstić information content (AvgIpc) is 3.41. The van der Waals surface area contributed by atoms with Crippen molar-refractivity contribution in [2.75, 3.05) is 0 Å². The van der Waals surface area contributed by atoms with Crippen LogP contribution in [0, 0.1) is 16.2 Å². The van der Waals surface area contributed by atoms with Gasteiger partial charge in [0.15, 0.2) is 5.78 Å². The Morgan fingerprint density at radius 2 is 1.14 bits per heavy atom. The molecule has 0 aromatic heterocycles. The van der Waals surface area contributed by atoms with Gasteiger partial charge in [-0.3, -0.25) is 4.79 Å². The zero-order valence-corrected chi connectivity index (χ0v) is 28.8. The summed E-state index contributed by atoms with van der Waals surface area (Å²) in [5, 5.41) is 21.2. The van der Waals surface area contributed by atoms with E-state index in [0.29, 0.717) is 19.3 Å². The van der Waals surface area contributed by atoms with Gasteiger partial charge in [-0.1, -0.05) is 130 Å². The van der Waals surface area contributed by atoms with Gasteiger partial charge in [-0.05, 0) is 71.4 Å². The third kappa shape index (κ3) is 7.88. The van der Waals surface area contributed by atoms with Crippen LogP contribution in [0.5, 0.6) is 0 Å². The van der Waals surface area contributed by atoms with E-state index in [4.69, 9.17) is 4.74 Å². The number of hydrogen-bond donors (Lipinski definition) is 2. The zero-order chi connectivity index (χ0) is 33.0. The molecular weight excluding hydrogens is 544 g/mol. The number of allylic oxidation sites excluding steroid dienone is 17. The highest BCUT2D eigenvalue weighted by molar-refractivity contribution is 5.95. The predicted octanol–water partition coefficient (Wildman–Crippen LogP) is 9.02. The Bertz CT molecular complexity index is 1330. The lowest BCUT2D eigenvalue weighted by atomic mass is 9.61. The molecule has 0 aromatic rings. The minimum Gasteiger partial charge on any atom is -0.393 e. The van der Waals surface area contributed by atoms with Crippen molar-refractivity contribution >= 4 is 5.78 Å². The molecule has 2 heterocycles. The molecule has 44 heavy (non-hydrogen) atoms. The average molecular weight is 601 g/mol. The molecular formula is C40H56O4. The third-order valence-electron chi connectivity index (χ3n) is 10.3. The van der Waals surface area contributed by atoms with Gasteiger partial charge < -0.3 is 14.9 Å². The van der Waals surface area contributed by atoms with Gasteiger partial charge in [0.1, 0.15) is 5.60 Å². The van der Waals surface area contributed by atoms with Crippen LogP contribution in [-0.4, -0.2) is 39.4 Å². The number of carbonyl (C=O) groups is 1. The molecule has 4 nitrogen and oxygen atoms in total. The molecule has 1 unspecified atom stereocenters. The summed E-state index contributed by atoms with van der Waals surface area (Å²) >= 11 is 0. The Morgan fingerprint density at radius 1 is 0.636 bits per heavy atom. The number of fused-ring (bicyclic) bond motifs is 2. The summed E-state index contributed by atoms with van der Waals surface area (Å²) in [6, 6.07) is 0. The first kappa shape index (κ1) is 35.7. The Hall–Kier alpha value is -2.79. The molecule has 1 saturated carbocycles. The van der Waals surface area contributed by atoms with E-state index in [9.17, 15) is 15.0 Å². The highest BCUT2D eigenvalue weighted by Gasteiger charge is 2.67. The molecule has 5 atom stereocenters. The standard InChI is InChI=1S/C40H56O4/c1-29(17-13-19-31(3)21-22-35(42)38(9)26-33(41)25-36(38,5)6)15-11-12-16-30(2)18-14-20-32(4)23-24-40-37(7,8)27-34(44-40)28-39(40,10)43/h11-24,33-34,41,43H,25-28H2,1-10H3/b12-11+,17-13+,18-14+,22-21+,24-23+,29-15+,30-16+,31-19+,32-20+/t33-,34-,38-,39+,40?/m0/s1. The van der Waals surface area contributed by atoms with E-state index < -0.39 is 22.7 Å². The molecule has 2 bridgehead atoms. The summed E-state index contributed by atoms with van der Waals surface area (Å²) in [6.45, 7) is 20.6. The number of ether oxygens (including phenoxy) is 1. The van der Waals surface area contributed by atoms with Crippen LogP contribution in [0.2, 0.25) is 0 Å². The van der Waals surface area contributed by atoms with E-state index in [2.05, 4.69) is 84.9 Å². The van der Waals surface area contributed by atoms with Crippen LogP contribution in [0.4, 0.5) is 0 Å². The molecule has 240 valence electrons. The Kier molecular flexibility index (Phi) is 11.1. The first-order valence-electron chi connectivity index (χ1n) is 16.1. The molecule has 1 aliphatic carbocycles. The van der Waals surface area contributed by atoms with E-state index in [1.54, 1.807) is 6.08 Å². The van der Waals surface area contributed by atoms with Crippen molar-refractivity contribution in [2.24, 2.45) is 16.2 Å². The molecule has 3 fully saturated rings. The summed E-state index contributed by atoms with van der Waals surface area (Å²) in [5.41, 5.74) is 2.00. The van der Waals surface area contributed by atoms with E-state index in [1.807, 2.05) is 63.3 Å². The SMILES string of the molecule is CC(/C=C/C=C(C)/C=C/C(=O)[C@]1(C)C[C@@H](O)CC1(C)C)=C\C=C\C=C(C)\C=C\C=C(C)\C=C\C12O[C@@H](CC1(C)C)C[C@@]2(C)O. The van der Waals surface area contributed by atoms with Crippen LogP contribution < -0.4 is 0 Å². The number of aliphatic hydroxyl groups excluding tert-OH is 1. The molecule has 2 aliphatic heterocycles. The fourth-order valence-corrected chi connectivity index (χ4v) is 7.24. The van der Waals surface area contributed by atoms with Crippen molar-refractivity contribution in [3.05, 3.63) is 107 Å². The van der Waals surface area contributed by atoms with Gasteiger partial charge in [0, 0.05) is 17.3 Å². The highest BCUT2D eigenvalue weighted by atomic mass is 16.5. The Morgan fingerprint density at radius 3 is 1.61 bits per heavy atom. The monoisotopic (exact) mass is 600 g/mol. The second-order valence-corrected chi connectivity index (χ2v) is 15.1.